The van der Waals surface area contributed by atoms with Gasteiger partial charge in [-0.1, -0.05) is 24.3 Å². The third-order valence-electron chi connectivity index (χ3n) is 4.51. The quantitative estimate of drug-likeness (QED) is 0.382. The summed E-state index contributed by atoms with van der Waals surface area (Å²) in [6.45, 7) is 1.44. The van der Waals surface area contributed by atoms with Crippen LogP contribution in [0.5, 0.6) is 5.88 Å². The standard InChI is InChI=1S/C21H18F5N3O3/c1-13(30)32-10-9-14-3-5-15(6-4-14)17-11-18(20(22,23)21(24,25)26)28-29(17)16-7-8-19(31-2)27-12-16/h3-8,11-12H,9-10H2,1-2H3. The fourth-order valence-corrected chi connectivity index (χ4v) is 2.86. The minimum atomic E-state index is -5.80. The Morgan fingerprint density at radius 3 is 2.28 bits per heavy atom. The summed E-state index contributed by atoms with van der Waals surface area (Å²) in [4.78, 5) is 14.8. The molecule has 0 atom stereocenters. The molecule has 1 aromatic carbocycles. The van der Waals surface area contributed by atoms with Crippen LogP contribution in [0.15, 0.2) is 48.7 Å². The van der Waals surface area contributed by atoms with E-state index >= 15 is 0 Å². The second-order valence-corrected chi connectivity index (χ2v) is 6.74. The zero-order valence-corrected chi connectivity index (χ0v) is 17.0. The number of aromatic nitrogens is 3. The predicted molar refractivity (Wildman–Crippen MR) is 104 cm³/mol. The molecule has 0 amide bonds. The Morgan fingerprint density at radius 2 is 1.75 bits per heavy atom. The van der Waals surface area contributed by atoms with E-state index < -0.39 is 23.8 Å². The highest BCUT2D eigenvalue weighted by Gasteiger charge is 2.60. The van der Waals surface area contributed by atoms with E-state index in [0.717, 1.165) is 10.2 Å². The largest absolute Gasteiger partial charge is 0.481 e. The molecule has 3 rings (SSSR count). The van der Waals surface area contributed by atoms with Crippen molar-refractivity contribution < 1.29 is 36.2 Å². The fraction of sp³-hybridized carbons (Fsp3) is 0.286. The van der Waals surface area contributed by atoms with E-state index in [9.17, 15) is 26.7 Å². The molecule has 6 nitrogen and oxygen atoms in total. The molecule has 32 heavy (non-hydrogen) atoms. The number of pyridine rings is 1. The normalized spacial score (nSPS) is 12.0. The number of hydrogen-bond acceptors (Lipinski definition) is 5. The van der Waals surface area contributed by atoms with Gasteiger partial charge in [-0.15, -0.1) is 0 Å². The monoisotopic (exact) mass is 455 g/mol. The van der Waals surface area contributed by atoms with Crippen LogP contribution >= 0.6 is 0 Å². The maximum absolute atomic E-state index is 14.0. The van der Waals surface area contributed by atoms with Crippen LogP contribution < -0.4 is 4.74 Å². The molecule has 0 saturated carbocycles. The van der Waals surface area contributed by atoms with Crippen LogP contribution in [0.3, 0.4) is 0 Å². The van der Waals surface area contributed by atoms with Crippen LogP contribution in [0, 0.1) is 0 Å². The number of esters is 1. The number of carbonyl (C=O) groups is 1. The lowest BCUT2D eigenvalue weighted by Gasteiger charge is -2.16. The van der Waals surface area contributed by atoms with E-state index in [-0.39, 0.29) is 23.9 Å². The van der Waals surface area contributed by atoms with Crippen LogP contribution in [-0.4, -0.2) is 40.6 Å². The first kappa shape index (κ1) is 23.2. The molecule has 0 radical (unpaired) electrons. The highest BCUT2D eigenvalue weighted by Crippen LogP contribution is 2.44. The number of carbonyl (C=O) groups excluding carboxylic acids is 1. The summed E-state index contributed by atoms with van der Waals surface area (Å²) in [5.41, 5.74) is -0.108. The molecule has 0 aliphatic heterocycles. The van der Waals surface area contributed by atoms with E-state index in [2.05, 4.69) is 10.1 Å². The molecule has 0 spiro atoms. The van der Waals surface area contributed by atoms with Crippen molar-refractivity contribution in [3.05, 3.63) is 59.9 Å². The lowest BCUT2D eigenvalue weighted by Crippen LogP contribution is -2.34. The predicted octanol–water partition coefficient (Wildman–Crippen LogP) is 4.70. The van der Waals surface area contributed by atoms with Crippen molar-refractivity contribution in [1.29, 1.82) is 0 Å². The Balaban J connectivity index is 2.02. The number of nitrogens with zero attached hydrogens (tertiary/aromatic N) is 3. The summed E-state index contributed by atoms with van der Waals surface area (Å²) in [7, 11) is 1.38. The second-order valence-electron chi connectivity index (χ2n) is 6.74. The van der Waals surface area contributed by atoms with Gasteiger partial charge in [0.05, 0.1) is 31.3 Å². The average molecular weight is 455 g/mol. The first-order chi connectivity index (χ1) is 15.0. The average Bonchev–Trinajstić information content (AvgIpc) is 3.19. The topological polar surface area (TPSA) is 66.2 Å². The van der Waals surface area contributed by atoms with Gasteiger partial charge in [-0.2, -0.15) is 27.1 Å². The van der Waals surface area contributed by atoms with Gasteiger partial charge in [0.25, 0.3) is 0 Å². The molecule has 0 bridgehead atoms. The Bertz CT molecular complexity index is 1080. The SMILES string of the molecule is COc1ccc(-n2nc(C(F)(F)C(F)(F)F)cc2-c2ccc(CCOC(C)=O)cc2)cn1. The number of rotatable bonds is 7. The van der Waals surface area contributed by atoms with Crippen LogP contribution in [0.25, 0.3) is 16.9 Å². The van der Waals surface area contributed by atoms with Gasteiger partial charge in [-0.25, -0.2) is 9.67 Å². The number of methoxy groups -OCH3 is 1. The molecule has 3 aromatic rings. The molecule has 0 aliphatic rings. The van der Waals surface area contributed by atoms with Gasteiger partial charge in [0.1, 0.15) is 5.69 Å². The van der Waals surface area contributed by atoms with Crippen molar-refractivity contribution in [2.24, 2.45) is 0 Å². The summed E-state index contributed by atoms with van der Waals surface area (Å²) in [6.07, 6.45) is -4.14. The molecule has 0 N–H and O–H groups in total. The van der Waals surface area contributed by atoms with E-state index in [1.807, 2.05) is 0 Å². The van der Waals surface area contributed by atoms with Crippen molar-refractivity contribution in [2.75, 3.05) is 13.7 Å². The highest BCUT2D eigenvalue weighted by atomic mass is 19.4. The zero-order valence-electron chi connectivity index (χ0n) is 17.0. The summed E-state index contributed by atoms with van der Waals surface area (Å²) < 4.78 is 77.6. The lowest BCUT2D eigenvalue weighted by atomic mass is 10.1. The van der Waals surface area contributed by atoms with Gasteiger partial charge in [-0.05, 0) is 17.7 Å². The Morgan fingerprint density at radius 1 is 1.06 bits per heavy atom. The Hall–Kier alpha value is -3.50. The van der Waals surface area contributed by atoms with Crippen LogP contribution in [0.4, 0.5) is 22.0 Å². The minimum Gasteiger partial charge on any atom is -0.481 e. The Labute approximate surface area is 179 Å². The van der Waals surface area contributed by atoms with Crippen LogP contribution in [0.1, 0.15) is 18.2 Å². The Kier molecular flexibility index (Phi) is 6.47. The lowest BCUT2D eigenvalue weighted by molar-refractivity contribution is -0.291. The molecule has 2 aromatic heterocycles. The summed E-state index contributed by atoms with van der Waals surface area (Å²) in [5.74, 6) is -5.33. The van der Waals surface area contributed by atoms with E-state index in [1.165, 1.54) is 32.4 Å². The number of ether oxygens (including phenoxy) is 2. The summed E-state index contributed by atoms with van der Waals surface area (Å²) >= 11 is 0. The van der Waals surface area contributed by atoms with Gasteiger partial charge in [-0.3, -0.25) is 4.79 Å². The van der Waals surface area contributed by atoms with Gasteiger partial charge >= 0.3 is 18.1 Å². The molecule has 0 unspecified atom stereocenters. The summed E-state index contributed by atoms with van der Waals surface area (Å²) in [6, 6.07) is 10.00. The van der Waals surface area contributed by atoms with Crippen molar-refractivity contribution in [3.8, 4) is 22.8 Å². The number of benzene rings is 1. The molecule has 0 aliphatic carbocycles. The smallest absolute Gasteiger partial charge is 0.459 e. The first-order valence-electron chi connectivity index (χ1n) is 9.31. The van der Waals surface area contributed by atoms with E-state index in [0.29, 0.717) is 18.1 Å². The molecular weight excluding hydrogens is 437 g/mol. The number of alkyl halides is 5. The maximum atomic E-state index is 14.0. The van der Waals surface area contributed by atoms with E-state index in [1.54, 1.807) is 24.3 Å². The van der Waals surface area contributed by atoms with Crippen molar-refractivity contribution in [1.82, 2.24) is 14.8 Å². The first-order valence-corrected chi connectivity index (χ1v) is 9.31. The molecule has 170 valence electrons. The van der Waals surface area contributed by atoms with Crippen molar-refractivity contribution >= 4 is 5.97 Å². The zero-order chi connectivity index (χ0) is 23.5. The van der Waals surface area contributed by atoms with Gasteiger partial charge in [0.15, 0.2) is 0 Å². The van der Waals surface area contributed by atoms with Gasteiger partial charge < -0.3 is 9.47 Å². The van der Waals surface area contributed by atoms with Crippen LogP contribution in [-0.2, 0) is 21.9 Å². The second kappa shape index (κ2) is 8.93. The fourth-order valence-electron chi connectivity index (χ4n) is 2.86. The molecule has 11 heteroatoms. The highest BCUT2D eigenvalue weighted by molar-refractivity contribution is 5.66. The van der Waals surface area contributed by atoms with Crippen LogP contribution in [0.2, 0.25) is 0 Å². The van der Waals surface area contributed by atoms with Gasteiger partial charge in [0, 0.05) is 25.0 Å². The maximum Gasteiger partial charge on any atom is 0.459 e. The third kappa shape index (κ3) is 4.87. The van der Waals surface area contributed by atoms with Crippen molar-refractivity contribution in [2.45, 2.75) is 25.4 Å². The minimum absolute atomic E-state index is 0.0161. The third-order valence-corrected chi connectivity index (χ3v) is 4.51. The molecular formula is C21H18F5N3O3. The number of halogens is 5. The number of hydrogen-bond donors (Lipinski definition) is 0. The van der Waals surface area contributed by atoms with E-state index in [4.69, 9.17) is 9.47 Å². The molecule has 0 saturated heterocycles. The molecule has 0 fully saturated rings. The molecule has 2 heterocycles. The van der Waals surface area contributed by atoms with Gasteiger partial charge in [0.2, 0.25) is 5.88 Å². The summed E-state index contributed by atoms with van der Waals surface area (Å²) in [5, 5.41) is 3.55. The van der Waals surface area contributed by atoms with Crippen molar-refractivity contribution in [3.63, 3.8) is 0 Å².